The first kappa shape index (κ1) is 20.5. The topological polar surface area (TPSA) is 56.6 Å². The van der Waals surface area contributed by atoms with Crippen molar-refractivity contribution in [2.45, 2.75) is 27.3 Å². The summed E-state index contributed by atoms with van der Waals surface area (Å²) in [6.07, 6.45) is 0. The van der Waals surface area contributed by atoms with E-state index in [0.29, 0.717) is 30.2 Å². The quantitative estimate of drug-likeness (QED) is 0.605. The molecule has 0 spiro atoms. The lowest BCUT2D eigenvalue weighted by Crippen LogP contribution is -2.26. The van der Waals surface area contributed by atoms with E-state index in [1.165, 1.54) is 0 Å². The molecule has 3 aromatic rings. The minimum absolute atomic E-state index is 0.0855. The van der Waals surface area contributed by atoms with E-state index in [9.17, 15) is 4.79 Å². The van der Waals surface area contributed by atoms with Gasteiger partial charge >= 0.3 is 0 Å². The Morgan fingerprint density at radius 2 is 1.83 bits per heavy atom. The van der Waals surface area contributed by atoms with E-state index in [1.807, 2.05) is 55.8 Å². The van der Waals surface area contributed by atoms with E-state index in [2.05, 4.69) is 5.10 Å². The van der Waals surface area contributed by atoms with E-state index in [1.54, 1.807) is 37.3 Å². The number of carbonyl (C=O) groups excluding carboxylic acids is 1. The van der Waals surface area contributed by atoms with Crippen LogP contribution >= 0.6 is 0 Å². The first-order valence-corrected chi connectivity index (χ1v) is 9.63. The summed E-state index contributed by atoms with van der Waals surface area (Å²) in [6.45, 7) is 6.92. The number of hydrogen-bond donors (Lipinski definition) is 0. The van der Waals surface area contributed by atoms with Crippen molar-refractivity contribution in [1.82, 2.24) is 14.7 Å². The summed E-state index contributed by atoms with van der Waals surface area (Å²) in [5, 5.41) is 4.67. The van der Waals surface area contributed by atoms with Crippen LogP contribution < -0.4 is 9.47 Å². The SMILES string of the molecule is CCOc1ccc(C(=O)N(C)Cc2c(C)nn(-c3ccccc3)c2C)cc1OC. The number of aryl methyl sites for hydroxylation is 1. The third-order valence-electron chi connectivity index (χ3n) is 4.89. The molecular formula is C23H27N3O3. The molecular weight excluding hydrogens is 366 g/mol. The van der Waals surface area contributed by atoms with Gasteiger partial charge in [-0.2, -0.15) is 5.10 Å². The van der Waals surface area contributed by atoms with E-state index in [0.717, 1.165) is 22.6 Å². The molecule has 3 rings (SSSR count). The molecule has 0 aliphatic heterocycles. The van der Waals surface area contributed by atoms with Crippen LogP contribution in [-0.4, -0.2) is 41.4 Å². The van der Waals surface area contributed by atoms with Crippen LogP contribution in [0, 0.1) is 13.8 Å². The van der Waals surface area contributed by atoms with Crippen molar-refractivity contribution in [1.29, 1.82) is 0 Å². The summed E-state index contributed by atoms with van der Waals surface area (Å²) in [5.41, 5.74) is 4.54. The third-order valence-corrected chi connectivity index (χ3v) is 4.89. The van der Waals surface area contributed by atoms with Gasteiger partial charge in [0.2, 0.25) is 0 Å². The Bertz CT molecular complexity index is 996. The second-order valence-corrected chi connectivity index (χ2v) is 6.86. The third kappa shape index (κ3) is 4.26. The smallest absolute Gasteiger partial charge is 0.254 e. The molecule has 6 nitrogen and oxygen atoms in total. The number of ether oxygens (including phenoxy) is 2. The van der Waals surface area contributed by atoms with Crippen molar-refractivity contribution < 1.29 is 14.3 Å². The fourth-order valence-electron chi connectivity index (χ4n) is 3.33. The van der Waals surface area contributed by atoms with Crippen LogP contribution in [0.2, 0.25) is 0 Å². The lowest BCUT2D eigenvalue weighted by molar-refractivity contribution is 0.0784. The van der Waals surface area contributed by atoms with Gasteiger partial charge in [-0.25, -0.2) is 4.68 Å². The van der Waals surface area contributed by atoms with Gasteiger partial charge in [-0.05, 0) is 51.1 Å². The molecule has 0 bridgehead atoms. The van der Waals surface area contributed by atoms with Crippen molar-refractivity contribution in [3.63, 3.8) is 0 Å². The molecule has 0 N–H and O–H groups in total. The normalized spacial score (nSPS) is 10.7. The van der Waals surface area contributed by atoms with Crippen molar-refractivity contribution in [2.24, 2.45) is 0 Å². The number of rotatable bonds is 7. The predicted octanol–water partition coefficient (Wildman–Crippen LogP) is 4.17. The van der Waals surface area contributed by atoms with Gasteiger partial charge in [0.05, 0.1) is 25.1 Å². The van der Waals surface area contributed by atoms with Gasteiger partial charge in [-0.3, -0.25) is 4.79 Å². The van der Waals surface area contributed by atoms with Gasteiger partial charge in [0.25, 0.3) is 5.91 Å². The van der Waals surface area contributed by atoms with Gasteiger partial charge < -0.3 is 14.4 Å². The molecule has 2 aromatic carbocycles. The predicted molar refractivity (Wildman–Crippen MR) is 113 cm³/mol. The number of nitrogens with zero attached hydrogens (tertiary/aromatic N) is 3. The molecule has 0 atom stereocenters. The Hall–Kier alpha value is -3.28. The number of aromatic nitrogens is 2. The number of benzene rings is 2. The van der Waals surface area contributed by atoms with Gasteiger partial charge in [0, 0.05) is 30.4 Å². The van der Waals surface area contributed by atoms with E-state index in [4.69, 9.17) is 9.47 Å². The molecule has 0 unspecified atom stereocenters. The van der Waals surface area contributed by atoms with Crippen LogP contribution in [0.3, 0.4) is 0 Å². The van der Waals surface area contributed by atoms with E-state index < -0.39 is 0 Å². The summed E-state index contributed by atoms with van der Waals surface area (Å²) >= 11 is 0. The van der Waals surface area contributed by atoms with Crippen LogP contribution in [0.1, 0.15) is 34.2 Å². The maximum atomic E-state index is 13.0. The molecule has 29 heavy (non-hydrogen) atoms. The highest BCUT2D eigenvalue weighted by Crippen LogP contribution is 2.29. The minimum Gasteiger partial charge on any atom is -0.493 e. The fourth-order valence-corrected chi connectivity index (χ4v) is 3.33. The highest BCUT2D eigenvalue weighted by molar-refractivity contribution is 5.94. The summed E-state index contributed by atoms with van der Waals surface area (Å²) < 4.78 is 12.8. The van der Waals surface area contributed by atoms with Crippen molar-refractivity contribution in [3.05, 3.63) is 71.0 Å². The van der Waals surface area contributed by atoms with Crippen molar-refractivity contribution in [2.75, 3.05) is 20.8 Å². The average molecular weight is 393 g/mol. The molecule has 0 saturated heterocycles. The largest absolute Gasteiger partial charge is 0.493 e. The zero-order chi connectivity index (χ0) is 21.0. The molecule has 1 heterocycles. The van der Waals surface area contributed by atoms with Crippen LogP contribution in [0.25, 0.3) is 5.69 Å². The van der Waals surface area contributed by atoms with Crippen molar-refractivity contribution >= 4 is 5.91 Å². The first-order chi connectivity index (χ1) is 14.0. The number of para-hydroxylation sites is 1. The van der Waals surface area contributed by atoms with Gasteiger partial charge in [-0.15, -0.1) is 0 Å². The summed E-state index contributed by atoms with van der Waals surface area (Å²) in [7, 11) is 3.37. The molecule has 0 aliphatic carbocycles. The van der Waals surface area contributed by atoms with E-state index >= 15 is 0 Å². The molecule has 1 amide bonds. The Labute approximate surface area is 171 Å². The number of hydrogen-bond acceptors (Lipinski definition) is 4. The highest BCUT2D eigenvalue weighted by Gasteiger charge is 2.19. The second kappa shape index (κ2) is 8.82. The summed E-state index contributed by atoms with van der Waals surface area (Å²) in [6, 6.07) is 15.2. The zero-order valence-electron chi connectivity index (χ0n) is 17.6. The van der Waals surface area contributed by atoms with Crippen LogP contribution in [0.5, 0.6) is 11.5 Å². The molecule has 6 heteroatoms. The lowest BCUT2D eigenvalue weighted by atomic mass is 10.1. The van der Waals surface area contributed by atoms with Gasteiger partial charge in [0.15, 0.2) is 11.5 Å². The lowest BCUT2D eigenvalue weighted by Gasteiger charge is -2.19. The van der Waals surface area contributed by atoms with Crippen molar-refractivity contribution in [3.8, 4) is 17.2 Å². The Balaban J connectivity index is 1.83. The Morgan fingerprint density at radius 1 is 1.10 bits per heavy atom. The van der Waals surface area contributed by atoms with Crippen LogP contribution in [0.4, 0.5) is 0 Å². The molecule has 0 saturated carbocycles. The minimum atomic E-state index is -0.0855. The maximum Gasteiger partial charge on any atom is 0.254 e. The van der Waals surface area contributed by atoms with Gasteiger partial charge in [-0.1, -0.05) is 18.2 Å². The molecule has 1 aromatic heterocycles. The number of methoxy groups -OCH3 is 1. The number of carbonyl (C=O) groups is 1. The summed E-state index contributed by atoms with van der Waals surface area (Å²) in [5.74, 6) is 1.10. The fraction of sp³-hybridized carbons (Fsp3) is 0.304. The molecule has 152 valence electrons. The Kier molecular flexibility index (Phi) is 6.22. The first-order valence-electron chi connectivity index (χ1n) is 9.63. The van der Waals surface area contributed by atoms with Gasteiger partial charge in [0.1, 0.15) is 0 Å². The maximum absolute atomic E-state index is 13.0. The molecule has 0 radical (unpaired) electrons. The summed E-state index contributed by atoms with van der Waals surface area (Å²) in [4.78, 5) is 14.7. The van der Waals surface area contributed by atoms with E-state index in [-0.39, 0.29) is 5.91 Å². The molecule has 0 fully saturated rings. The zero-order valence-corrected chi connectivity index (χ0v) is 17.6. The average Bonchev–Trinajstić information content (AvgIpc) is 3.02. The molecule has 0 aliphatic rings. The monoisotopic (exact) mass is 393 g/mol. The van der Waals surface area contributed by atoms with Crippen LogP contribution in [-0.2, 0) is 6.54 Å². The standard InChI is InChI=1S/C23H27N3O3/c1-6-29-21-13-12-18(14-22(21)28-5)23(27)25(4)15-20-16(2)24-26(17(20)3)19-10-8-7-9-11-19/h7-14H,6,15H2,1-5H3. The van der Waals surface area contributed by atoms with Crippen LogP contribution in [0.15, 0.2) is 48.5 Å². The number of amides is 1. The Morgan fingerprint density at radius 3 is 2.48 bits per heavy atom. The second-order valence-electron chi connectivity index (χ2n) is 6.86. The highest BCUT2D eigenvalue weighted by atomic mass is 16.5.